The number of ether oxygens (including phenoxy) is 1. The second-order valence-electron chi connectivity index (χ2n) is 9.27. The van der Waals surface area contributed by atoms with Crippen LogP contribution < -0.4 is 10.3 Å². The Balaban J connectivity index is 1.62. The van der Waals surface area contributed by atoms with E-state index in [-0.39, 0.29) is 11.1 Å². The standard InChI is InChI=1S/C31H32N2O4/c1-4-6-8-29-32-27-15-9-21(3)17-26(27)30(34)33(29)19-23-12-16-28(25(18-23)7-5-2)37-20-22-10-13-24(14-11-22)31(35)36/h5,9-18H,2,4,6-8,19-20H2,1,3H3,(H,35,36). The molecule has 3 aromatic carbocycles. The third-order valence-electron chi connectivity index (χ3n) is 6.37. The number of aromatic nitrogens is 2. The van der Waals surface area contributed by atoms with Crippen molar-refractivity contribution in [1.29, 1.82) is 0 Å². The van der Waals surface area contributed by atoms with Gasteiger partial charge in [0.25, 0.3) is 5.56 Å². The highest BCUT2D eigenvalue weighted by Gasteiger charge is 2.13. The lowest BCUT2D eigenvalue weighted by atomic mass is 10.1. The van der Waals surface area contributed by atoms with Crippen LogP contribution in [0.4, 0.5) is 0 Å². The van der Waals surface area contributed by atoms with Gasteiger partial charge in [-0.1, -0.05) is 55.3 Å². The third kappa shape index (κ3) is 6.15. The summed E-state index contributed by atoms with van der Waals surface area (Å²) in [6.45, 7) is 8.74. The third-order valence-corrected chi connectivity index (χ3v) is 6.37. The average Bonchev–Trinajstić information content (AvgIpc) is 2.89. The number of nitrogens with zero attached hydrogens (tertiary/aromatic N) is 2. The van der Waals surface area contributed by atoms with E-state index in [4.69, 9.17) is 14.8 Å². The predicted octanol–water partition coefficient (Wildman–Crippen LogP) is 6.10. The van der Waals surface area contributed by atoms with Gasteiger partial charge in [-0.2, -0.15) is 0 Å². The Hall–Kier alpha value is -4.19. The molecule has 1 heterocycles. The highest BCUT2D eigenvalue weighted by molar-refractivity contribution is 5.87. The molecule has 1 aromatic heterocycles. The van der Waals surface area contributed by atoms with Crippen molar-refractivity contribution in [2.24, 2.45) is 0 Å². The van der Waals surface area contributed by atoms with Crippen LogP contribution in [-0.2, 0) is 26.0 Å². The Morgan fingerprint density at radius 2 is 1.84 bits per heavy atom. The van der Waals surface area contributed by atoms with Crippen molar-refractivity contribution in [2.45, 2.75) is 52.7 Å². The van der Waals surface area contributed by atoms with Gasteiger partial charge in [-0.3, -0.25) is 9.36 Å². The van der Waals surface area contributed by atoms with E-state index in [0.717, 1.165) is 58.6 Å². The molecule has 0 aliphatic carbocycles. The molecule has 190 valence electrons. The predicted molar refractivity (Wildman–Crippen MR) is 147 cm³/mol. The number of fused-ring (bicyclic) bond motifs is 1. The molecule has 4 aromatic rings. The van der Waals surface area contributed by atoms with E-state index in [9.17, 15) is 9.59 Å². The zero-order valence-electron chi connectivity index (χ0n) is 21.4. The summed E-state index contributed by atoms with van der Waals surface area (Å²) < 4.78 is 7.88. The number of aromatic carboxylic acids is 1. The number of aryl methyl sites for hydroxylation is 2. The van der Waals surface area contributed by atoms with Crippen molar-refractivity contribution in [3.63, 3.8) is 0 Å². The van der Waals surface area contributed by atoms with Gasteiger partial charge in [0.05, 0.1) is 23.0 Å². The lowest BCUT2D eigenvalue weighted by molar-refractivity contribution is 0.0697. The number of benzene rings is 3. The molecule has 0 saturated carbocycles. The molecule has 0 amide bonds. The Bertz CT molecular complexity index is 1490. The summed E-state index contributed by atoms with van der Waals surface area (Å²) in [7, 11) is 0. The molecule has 0 aliphatic heterocycles. The number of rotatable bonds is 11. The smallest absolute Gasteiger partial charge is 0.335 e. The van der Waals surface area contributed by atoms with Gasteiger partial charge in [-0.15, -0.1) is 6.58 Å². The maximum Gasteiger partial charge on any atom is 0.335 e. The first kappa shape index (κ1) is 25.9. The van der Waals surface area contributed by atoms with Crippen LogP contribution in [0.15, 0.2) is 78.1 Å². The summed E-state index contributed by atoms with van der Waals surface area (Å²) >= 11 is 0. The molecule has 0 bridgehead atoms. The van der Waals surface area contributed by atoms with E-state index in [1.54, 1.807) is 28.8 Å². The number of carboxylic acids is 1. The van der Waals surface area contributed by atoms with Crippen molar-refractivity contribution in [3.8, 4) is 5.75 Å². The maximum absolute atomic E-state index is 13.5. The van der Waals surface area contributed by atoms with Crippen LogP contribution in [0, 0.1) is 6.92 Å². The fourth-order valence-corrected chi connectivity index (χ4v) is 4.34. The Morgan fingerprint density at radius 3 is 2.54 bits per heavy atom. The highest BCUT2D eigenvalue weighted by Crippen LogP contribution is 2.24. The second kappa shape index (κ2) is 11.7. The zero-order valence-corrected chi connectivity index (χ0v) is 21.4. The molecule has 1 N–H and O–H groups in total. The van der Waals surface area contributed by atoms with E-state index in [1.807, 2.05) is 43.3 Å². The van der Waals surface area contributed by atoms with Gasteiger partial charge in [-0.05, 0) is 66.8 Å². The van der Waals surface area contributed by atoms with Crippen LogP contribution in [-0.4, -0.2) is 20.6 Å². The molecule has 4 rings (SSSR count). The minimum atomic E-state index is -0.954. The largest absolute Gasteiger partial charge is 0.489 e. The first-order chi connectivity index (χ1) is 17.9. The Labute approximate surface area is 216 Å². The molecular formula is C31H32N2O4. The Kier molecular flexibility index (Phi) is 8.18. The number of carboxylic acid groups (broad SMARTS) is 1. The van der Waals surface area contributed by atoms with Crippen LogP contribution in [0.3, 0.4) is 0 Å². The molecular weight excluding hydrogens is 464 g/mol. The van der Waals surface area contributed by atoms with Crippen molar-refractivity contribution in [1.82, 2.24) is 9.55 Å². The van der Waals surface area contributed by atoms with E-state index < -0.39 is 5.97 Å². The van der Waals surface area contributed by atoms with Crippen molar-refractivity contribution >= 4 is 16.9 Å². The van der Waals surface area contributed by atoms with Crippen LogP contribution >= 0.6 is 0 Å². The molecule has 0 spiro atoms. The second-order valence-corrected chi connectivity index (χ2v) is 9.27. The van der Waals surface area contributed by atoms with Gasteiger partial charge < -0.3 is 9.84 Å². The highest BCUT2D eigenvalue weighted by atomic mass is 16.5. The van der Waals surface area contributed by atoms with E-state index in [1.165, 1.54) is 0 Å². The number of hydrogen-bond donors (Lipinski definition) is 1. The summed E-state index contributed by atoms with van der Waals surface area (Å²) in [4.78, 5) is 29.4. The van der Waals surface area contributed by atoms with Gasteiger partial charge >= 0.3 is 5.97 Å². The van der Waals surface area contributed by atoms with Gasteiger partial charge in [0, 0.05) is 6.42 Å². The zero-order chi connectivity index (χ0) is 26.4. The normalized spacial score (nSPS) is 11.0. The van der Waals surface area contributed by atoms with E-state index in [2.05, 4.69) is 19.6 Å². The summed E-state index contributed by atoms with van der Waals surface area (Å²) in [5.74, 6) is 0.584. The molecule has 0 fully saturated rings. The van der Waals surface area contributed by atoms with Crippen molar-refractivity contribution in [3.05, 3.63) is 117 Å². The SMILES string of the molecule is C=CCc1cc(Cn2c(CCCC)nc3ccc(C)cc3c2=O)ccc1OCc1ccc(C(=O)O)cc1. The number of hydrogen-bond acceptors (Lipinski definition) is 4. The van der Waals surface area contributed by atoms with Crippen molar-refractivity contribution < 1.29 is 14.6 Å². The molecule has 0 radical (unpaired) electrons. The molecule has 6 nitrogen and oxygen atoms in total. The first-order valence-corrected chi connectivity index (χ1v) is 12.6. The monoisotopic (exact) mass is 496 g/mol. The van der Waals surface area contributed by atoms with Gasteiger partial charge in [0.2, 0.25) is 0 Å². The summed E-state index contributed by atoms with van der Waals surface area (Å²) in [6.07, 6.45) is 5.18. The maximum atomic E-state index is 13.5. The molecule has 0 unspecified atom stereocenters. The minimum Gasteiger partial charge on any atom is -0.489 e. The lowest BCUT2D eigenvalue weighted by Gasteiger charge is -2.16. The first-order valence-electron chi connectivity index (χ1n) is 12.6. The average molecular weight is 497 g/mol. The number of carbonyl (C=O) groups is 1. The van der Waals surface area contributed by atoms with Crippen LogP contribution in [0.1, 0.15) is 58.2 Å². The van der Waals surface area contributed by atoms with E-state index in [0.29, 0.717) is 25.0 Å². The molecule has 0 aliphatic rings. The van der Waals surface area contributed by atoms with Gasteiger partial charge in [-0.25, -0.2) is 9.78 Å². The Morgan fingerprint density at radius 1 is 1.08 bits per heavy atom. The fourth-order valence-electron chi connectivity index (χ4n) is 4.34. The molecule has 0 atom stereocenters. The summed E-state index contributed by atoms with van der Waals surface area (Å²) in [5.41, 5.74) is 4.84. The van der Waals surface area contributed by atoms with Crippen LogP contribution in [0.2, 0.25) is 0 Å². The number of unbranched alkanes of at least 4 members (excludes halogenated alkanes) is 1. The lowest BCUT2D eigenvalue weighted by Crippen LogP contribution is -2.26. The summed E-state index contributed by atoms with van der Waals surface area (Å²) in [5, 5.41) is 9.73. The van der Waals surface area contributed by atoms with Crippen molar-refractivity contribution in [2.75, 3.05) is 0 Å². The van der Waals surface area contributed by atoms with Gasteiger partial charge in [0.15, 0.2) is 0 Å². The summed E-state index contributed by atoms with van der Waals surface area (Å²) in [6, 6.07) is 18.4. The minimum absolute atomic E-state index is 0.0183. The molecule has 0 saturated heterocycles. The fraction of sp³-hybridized carbons (Fsp3) is 0.258. The van der Waals surface area contributed by atoms with Gasteiger partial charge in [0.1, 0.15) is 18.2 Å². The number of allylic oxidation sites excluding steroid dienone is 1. The topological polar surface area (TPSA) is 81.4 Å². The molecule has 37 heavy (non-hydrogen) atoms. The van der Waals surface area contributed by atoms with E-state index >= 15 is 0 Å². The molecule has 6 heteroatoms. The quantitative estimate of drug-likeness (QED) is 0.254. The van der Waals surface area contributed by atoms with Crippen LogP contribution in [0.5, 0.6) is 5.75 Å². The van der Waals surface area contributed by atoms with Crippen LogP contribution in [0.25, 0.3) is 10.9 Å².